The lowest BCUT2D eigenvalue weighted by Crippen LogP contribution is -2.50. The van der Waals surface area contributed by atoms with Crippen molar-refractivity contribution >= 4 is 23.4 Å². The van der Waals surface area contributed by atoms with Crippen molar-refractivity contribution < 1.29 is 9.59 Å². The van der Waals surface area contributed by atoms with Crippen LogP contribution in [0.4, 0.5) is 0 Å². The lowest BCUT2D eigenvalue weighted by atomic mass is 10.1. The van der Waals surface area contributed by atoms with E-state index in [1.54, 1.807) is 22.8 Å². The molecule has 1 aromatic rings. The molecule has 114 valence electrons. The van der Waals surface area contributed by atoms with Crippen molar-refractivity contribution in [2.75, 3.05) is 26.2 Å². The molecular weight excluding hydrogens is 290 g/mol. The number of aryl methyl sites for hydroxylation is 1. The summed E-state index contributed by atoms with van der Waals surface area (Å²) in [6.45, 7) is 5.90. The standard InChI is InChI=1S/C15H20ClN3O2/c1-3-4-13-9-12(10-14(16)17-13)15(21)19-7-5-18(6-8-19)11(2)20/h9-10H,3-8H2,1-2H3. The van der Waals surface area contributed by atoms with Crippen LogP contribution in [0.15, 0.2) is 12.1 Å². The maximum atomic E-state index is 12.5. The molecule has 1 aliphatic heterocycles. The SMILES string of the molecule is CCCc1cc(C(=O)N2CCN(C(C)=O)CC2)cc(Cl)n1. The van der Waals surface area contributed by atoms with E-state index in [-0.39, 0.29) is 11.8 Å². The van der Waals surface area contributed by atoms with E-state index in [0.29, 0.717) is 36.9 Å². The molecule has 0 atom stereocenters. The zero-order chi connectivity index (χ0) is 15.4. The van der Waals surface area contributed by atoms with Crippen LogP contribution in [-0.4, -0.2) is 52.8 Å². The van der Waals surface area contributed by atoms with E-state index in [1.165, 1.54) is 0 Å². The summed E-state index contributed by atoms with van der Waals surface area (Å²) in [5.41, 5.74) is 1.42. The molecule has 0 aromatic carbocycles. The Morgan fingerprint density at radius 2 is 1.81 bits per heavy atom. The highest BCUT2D eigenvalue weighted by Crippen LogP contribution is 2.15. The van der Waals surface area contributed by atoms with E-state index in [4.69, 9.17) is 11.6 Å². The van der Waals surface area contributed by atoms with Gasteiger partial charge in [0.25, 0.3) is 5.91 Å². The Kier molecular flexibility index (Phi) is 5.17. The van der Waals surface area contributed by atoms with Crippen LogP contribution in [0, 0.1) is 0 Å². The summed E-state index contributed by atoms with van der Waals surface area (Å²) < 4.78 is 0. The molecule has 0 spiro atoms. The number of piperazine rings is 1. The fourth-order valence-corrected chi connectivity index (χ4v) is 2.69. The van der Waals surface area contributed by atoms with Crippen LogP contribution in [0.2, 0.25) is 5.15 Å². The van der Waals surface area contributed by atoms with Crippen molar-refractivity contribution in [2.45, 2.75) is 26.7 Å². The molecule has 2 heterocycles. The maximum Gasteiger partial charge on any atom is 0.254 e. The number of aromatic nitrogens is 1. The van der Waals surface area contributed by atoms with Crippen molar-refractivity contribution in [1.29, 1.82) is 0 Å². The first-order valence-corrected chi connectivity index (χ1v) is 7.60. The Morgan fingerprint density at radius 1 is 1.19 bits per heavy atom. The largest absolute Gasteiger partial charge is 0.339 e. The van der Waals surface area contributed by atoms with Crippen LogP contribution in [0.3, 0.4) is 0 Å². The van der Waals surface area contributed by atoms with Crippen molar-refractivity contribution in [3.05, 3.63) is 28.5 Å². The van der Waals surface area contributed by atoms with E-state index in [2.05, 4.69) is 11.9 Å². The molecule has 2 rings (SSSR count). The Labute approximate surface area is 129 Å². The van der Waals surface area contributed by atoms with Gasteiger partial charge in [0.1, 0.15) is 5.15 Å². The molecule has 0 unspecified atom stereocenters. The summed E-state index contributed by atoms with van der Waals surface area (Å²) in [5.74, 6) is 0.0131. The van der Waals surface area contributed by atoms with E-state index in [0.717, 1.165) is 18.5 Å². The van der Waals surface area contributed by atoms with Gasteiger partial charge in [-0.2, -0.15) is 0 Å². The third-order valence-electron chi connectivity index (χ3n) is 3.61. The molecule has 1 aromatic heterocycles. The zero-order valence-electron chi connectivity index (χ0n) is 12.4. The summed E-state index contributed by atoms with van der Waals surface area (Å²) in [6.07, 6.45) is 1.76. The number of rotatable bonds is 3. The second kappa shape index (κ2) is 6.89. The van der Waals surface area contributed by atoms with Crippen molar-refractivity contribution in [3.63, 3.8) is 0 Å². The Balaban J connectivity index is 2.08. The second-order valence-electron chi connectivity index (χ2n) is 5.22. The number of amides is 2. The highest BCUT2D eigenvalue weighted by molar-refractivity contribution is 6.29. The molecule has 21 heavy (non-hydrogen) atoms. The first-order chi connectivity index (χ1) is 10.0. The Hall–Kier alpha value is -1.62. The average molecular weight is 310 g/mol. The first-order valence-electron chi connectivity index (χ1n) is 7.22. The van der Waals surface area contributed by atoms with Gasteiger partial charge in [-0.25, -0.2) is 4.98 Å². The van der Waals surface area contributed by atoms with Gasteiger partial charge in [0.05, 0.1) is 0 Å². The van der Waals surface area contributed by atoms with Gasteiger partial charge in [-0.15, -0.1) is 0 Å². The molecule has 0 aliphatic carbocycles. The van der Waals surface area contributed by atoms with Crippen molar-refractivity contribution in [3.8, 4) is 0 Å². The van der Waals surface area contributed by atoms with Crippen LogP contribution in [-0.2, 0) is 11.2 Å². The molecule has 2 amide bonds. The van der Waals surface area contributed by atoms with Gasteiger partial charge in [0, 0.05) is 44.4 Å². The summed E-state index contributed by atoms with van der Waals surface area (Å²) in [6, 6.07) is 3.43. The number of hydrogen-bond acceptors (Lipinski definition) is 3. The van der Waals surface area contributed by atoms with Gasteiger partial charge >= 0.3 is 0 Å². The molecular formula is C15H20ClN3O2. The zero-order valence-corrected chi connectivity index (χ0v) is 13.2. The summed E-state index contributed by atoms with van der Waals surface area (Å²) in [7, 11) is 0. The molecule has 0 bridgehead atoms. The lowest BCUT2D eigenvalue weighted by molar-refractivity contribution is -0.130. The Bertz CT molecular complexity index is 540. The van der Waals surface area contributed by atoms with Gasteiger partial charge < -0.3 is 9.80 Å². The predicted octanol–water partition coefficient (Wildman–Crippen LogP) is 1.99. The van der Waals surface area contributed by atoms with Gasteiger partial charge in [-0.1, -0.05) is 24.9 Å². The number of hydrogen-bond donors (Lipinski definition) is 0. The first kappa shape index (κ1) is 15.8. The van der Waals surface area contributed by atoms with Gasteiger partial charge in [0.15, 0.2) is 0 Å². The highest BCUT2D eigenvalue weighted by Gasteiger charge is 2.23. The van der Waals surface area contributed by atoms with E-state index in [1.807, 2.05) is 6.07 Å². The van der Waals surface area contributed by atoms with E-state index >= 15 is 0 Å². The van der Waals surface area contributed by atoms with Crippen molar-refractivity contribution in [2.24, 2.45) is 0 Å². The van der Waals surface area contributed by atoms with Crippen LogP contribution >= 0.6 is 11.6 Å². The summed E-state index contributed by atoms with van der Waals surface area (Å²) in [4.78, 5) is 31.6. The van der Waals surface area contributed by atoms with Crippen LogP contribution in [0.1, 0.15) is 36.3 Å². The number of pyridine rings is 1. The predicted molar refractivity (Wildman–Crippen MR) is 81.4 cm³/mol. The minimum atomic E-state index is -0.0418. The monoisotopic (exact) mass is 309 g/mol. The quantitative estimate of drug-likeness (QED) is 0.802. The summed E-state index contributed by atoms with van der Waals surface area (Å²) >= 11 is 6.00. The van der Waals surface area contributed by atoms with Crippen LogP contribution in [0.5, 0.6) is 0 Å². The van der Waals surface area contributed by atoms with Gasteiger partial charge in [-0.3, -0.25) is 9.59 Å². The third kappa shape index (κ3) is 3.94. The molecule has 0 saturated carbocycles. The lowest BCUT2D eigenvalue weighted by Gasteiger charge is -2.34. The smallest absolute Gasteiger partial charge is 0.254 e. The fourth-order valence-electron chi connectivity index (χ4n) is 2.47. The Morgan fingerprint density at radius 3 is 2.38 bits per heavy atom. The van der Waals surface area contributed by atoms with Gasteiger partial charge in [-0.05, 0) is 18.6 Å². The average Bonchev–Trinajstić information content (AvgIpc) is 2.46. The van der Waals surface area contributed by atoms with Gasteiger partial charge in [0.2, 0.25) is 5.91 Å². The molecule has 1 aliphatic rings. The highest BCUT2D eigenvalue weighted by atomic mass is 35.5. The molecule has 1 fully saturated rings. The number of carbonyl (C=O) groups excluding carboxylic acids is 2. The molecule has 5 nitrogen and oxygen atoms in total. The fraction of sp³-hybridized carbons (Fsp3) is 0.533. The number of nitrogens with zero attached hydrogens (tertiary/aromatic N) is 3. The number of carbonyl (C=O) groups is 2. The molecule has 0 N–H and O–H groups in total. The second-order valence-corrected chi connectivity index (χ2v) is 5.61. The molecule has 1 saturated heterocycles. The normalized spacial score (nSPS) is 15.2. The maximum absolute atomic E-state index is 12.5. The third-order valence-corrected chi connectivity index (χ3v) is 3.81. The minimum absolute atomic E-state index is 0.0418. The van der Waals surface area contributed by atoms with E-state index in [9.17, 15) is 9.59 Å². The van der Waals surface area contributed by atoms with E-state index < -0.39 is 0 Å². The van der Waals surface area contributed by atoms with Crippen molar-refractivity contribution in [1.82, 2.24) is 14.8 Å². The topological polar surface area (TPSA) is 53.5 Å². The van der Waals surface area contributed by atoms with Crippen LogP contribution < -0.4 is 0 Å². The minimum Gasteiger partial charge on any atom is -0.339 e. The number of halogens is 1. The molecule has 0 radical (unpaired) electrons. The molecule has 6 heteroatoms. The summed E-state index contributed by atoms with van der Waals surface area (Å²) in [5, 5.41) is 0.353. The van der Waals surface area contributed by atoms with Crippen LogP contribution in [0.25, 0.3) is 0 Å².